The van der Waals surface area contributed by atoms with Gasteiger partial charge in [-0.1, -0.05) is 30.7 Å². The molecule has 0 N–H and O–H groups in total. The molecule has 1 aliphatic heterocycles. The fourth-order valence-electron chi connectivity index (χ4n) is 3.49. The zero-order valence-electron chi connectivity index (χ0n) is 17.0. The number of sulfonamides is 1. The maximum absolute atomic E-state index is 13.0. The van der Waals surface area contributed by atoms with Crippen molar-refractivity contribution >= 4 is 39.1 Å². The van der Waals surface area contributed by atoms with Crippen LogP contribution in [0.3, 0.4) is 0 Å². The first-order valence-corrected chi connectivity index (χ1v) is 12.4. The Hall–Kier alpha value is -2.47. The van der Waals surface area contributed by atoms with Crippen molar-refractivity contribution in [2.75, 3.05) is 13.1 Å². The first kappa shape index (κ1) is 22.7. The Labute approximate surface area is 194 Å². The van der Waals surface area contributed by atoms with E-state index in [2.05, 4.69) is 10.2 Å². The molecule has 168 valence electrons. The number of rotatable bonds is 6. The molecule has 0 radical (unpaired) electrons. The van der Waals surface area contributed by atoms with E-state index in [1.165, 1.54) is 16.4 Å². The molecule has 9 nitrogen and oxygen atoms in total. The summed E-state index contributed by atoms with van der Waals surface area (Å²) in [4.78, 5) is 11.2. The smallest absolute Gasteiger partial charge is 0.284 e. The van der Waals surface area contributed by atoms with Gasteiger partial charge in [-0.05, 0) is 54.8 Å². The molecule has 1 aliphatic rings. The van der Waals surface area contributed by atoms with Crippen molar-refractivity contribution in [2.45, 2.75) is 34.8 Å². The third kappa shape index (κ3) is 4.65. The average Bonchev–Trinajstić information content (AvgIpc) is 3.22. The monoisotopic (exact) mass is 494 g/mol. The highest BCUT2D eigenvalue weighted by atomic mass is 35.5. The van der Waals surface area contributed by atoms with E-state index in [9.17, 15) is 18.5 Å². The van der Waals surface area contributed by atoms with E-state index >= 15 is 0 Å². The summed E-state index contributed by atoms with van der Waals surface area (Å²) in [6.45, 7) is 2.80. The van der Waals surface area contributed by atoms with Crippen molar-refractivity contribution in [3.63, 3.8) is 0 Å². The van der Waals surface area contributed by atoms with Crippen molar-refractivity contribution < 1.29 is 17.8 Å². The number of benzene rings is 2. The first-order valence-electron chi connectivity index (χ1n) is 9.80. The van der Waals surface area contributed by atoms with Gasteiger partial charge in [-0.25, -0.2) is 8.42 Å². The van der Waals surface area contributed by atoms with E-state index in [0.717, 1.165) is 30.7 Å². The van der Waals surface area contributed by atoms with E-state index in [-0.39, 0.29) is 32.5 Å². The van der Waals surface area contributed by atoms with Crippen molar-refractivity contribution in [2.24, 2.45) is 5.92 Å². The molecule has 0 bridgehead atoms. The van der Waals surface area contributed by atoms with Gasteiger partial charge in [-0.3, -0.25) is 10.1 Å². The van der Waals surface area contributed by atoms with Crippen LogP contribution in [0.4, 0.5) is 5.69 Å². The summed E-state index contributed by atoms with van der Waals surface area (Å²) in [7, 11) is -3.82. The van der Waals surface area contributed by atoms with E-state index in [1.807, 2.05) is 6.92 Å². The van der Waals surface area contributed by atoms with Gasteiger partial charge < -0.3 is 4.42 Å². The van der Waals surface area contributed by atoms with E-state index in [4.69, 9.17) is 16.0 Å². The van der Waals surface area contributed by atoms with Gasteiger partial charge in [0.25, 0.3) is 10.9 Å². The molecule has 1 saturated heterocycles. The minimum Gasteiger partial charge on any atom is -0.411 e. The van der Waals surface area contributed by atoms with E-state index in [0.29, 0.717) is 23.7 Å². The Bertz CT molecular complexity index is 1260. The Balaban J connectivity index is 1.62. The first-order chi connectivity index (χ1) is 15.3. The SMILES string of the molecule is CC1CCCN(S(=O)(=O)c2ccc(Sc3nnc(-c4ccccc4Cl)o3)c([N+](=O)[O-])c2)C1. The maximum Gasteiger partial charge on any atom is 0.284 e. The van der Waals surface area contributed by atoms with Crippen LogP contribution in [0.1, 0.15) is 19.8 Å². The molecule has 0 spiro atoms. The molecule has 0 saturated carbocycles. The van der Waals surface area contributed by atoms with Crippen LogP contribution in [0.5, 0.6) is 0 Å². The summed E-state index contributed by atoms with van der Waals surface area (Å²) >= 11 is 7.03. The van der Waals surface area contributed by atoms with Crippen LogP contribution in [0.2, 0.25) is 5.02 Å². The highest BCUT2D eigenvalue weighted by Crippen LogP contribution is 2.38. The number of nitro groups is 1. The summed E-state index contributed by atoms with van der Waals surface area (Å²) in [5.74, 6) is 0.423. The second-order valence-electron chi connectivity index (χ2n) is 7.45. The minimum atomic E-state index is -3.82. The Morgan fingerprint density at radius 1 is 1.25 bits per heavy atom. The molecule has 1 atom stereocenters. The van der Waals surface area contributed by atoms with Crippen LogP contribution in [0, 0.1) is 16.0 Å². The largest absolute Gasteiger partial charge is 0.411 e. The minimum absolute atomic E-state index is 0.0727. The average molecular weight is 495 g/mol. The lowest BCUT2D eigenvalue weighted by Gasteiger charge is -2.30. The lowest BCUT2D eigenvalue weighted by Crippen LogP contribution is -2.39. The van der Waals surface area contributed by atoms with Crippen LogP contribution in [-0.2, 0) is 10.0 Å². The van der Waals surface area contributed by atoms with Crippen LogP contribution in [-0.4, -0.2) is 40.9 Å². The molecule has 0 amide bonds. The summed E-state index contributed by atoms with van der Waals surface area (Å²) in [6.07, 6.45) is 1.73. The van der Waals surface area contributed by atoms with Gasteiger partial charge in [0.15, 0.2) is 0 Å². The normalized spacial score (nSPS) is 17.4. The van der Waals surface area contributed by atoms with Gasteiger partial charge in [-0.2, -0.15) is 4.31 Å². The van der Waals surface area contributed by atoms with E-state index in [1.54, 1.807) is 24.3 Å². The van der Waals surface area contributed by atoms with Gasteiger partial charge >= 0.3 is 0 Å². The zero-order valence-corrected chi connectivity index (χ0v) is 19.4. The topological polar surface area (TPSA) is 119 Å². The Kier molecular flexibility index (Phi) is 6.52. The lowest BCUT2D eigenvalue weighted by molar-refractivity contribution is -0.388. The number of hydrogen-bond acceptors (Lipinski definition) is 8. The van der Waals surface area contributed by atoms with Crippen LogP contribution in [0.25, 0.3) is 11.5 Å². The molecule has 1 unspecified atom stereocenters. The van der Waals surface area contributed by atoms with Gasteiger partial charge in [0.05, 0.1) is 25.3 Å². The number of aromatic nitrogens is 2. The quantitative estimate of drug-likeness (QED) is 0.351. The summed E-state index contributed by atoms with van der Waals surface area (Å²) in [5, 5.41) is 20.1. The van der Waals surface area contributed by atoms with Gasteiger partial charge in [0.1, 0.15) is 0 Å². The summed E-state index contributed by atoms with van der Waals surface area (Å²) < 4.78 is 33.0. The highest BCUT2D eigenvalue weighted by Gasteiger charge is 2.31. The molecule has 2 heterocycles. The number of nitrogens with zero attached hydrogens (tertiary/aromatic N) is 4. The molecule has 4 rings (SSSR count). The number of halogens is 1. The number of hydrogen-bond donors (Lipinski definition) is 0. The second-order valence-corrected chi connectivity index (χ2v) is 10.8. The Morgan fingerprint density at radius 3 is 2.75 bits per heavy atom. The fraction of sp³-hybridized carbons (Fsp3) is 0.300. The zero-order chi connectivity index (χ0) is 22.9. The van der Waals surface area contributed by atoms with Gasteiger partial charge in [0, 0.05) is 19.2 Å². The molecule has 3 aromatic rings. The number of nitro benzene ring substituents is 1. The van der Waals surface area contributed by atoms with Crippen LogP contribution in [0.15, 0.2) is 61.9 Å². The third-order valence-corrected chi connectivity index (χ3v) is 8.19. The standard InChI is InChI=1S/C20H19ClN4O5S2/c1-13-5-4-10-24(12-13)32(28,29)14-8-9-18(17(11-14)25(26)27)31-20-23-22-19(30-20)15-6-2-3-7-16(15)21/h2-3,6-9,11,13H,4-5,10,12H2,1H3. The van der Waals surface area contributed by atoms with Crippen molar-refractivity contribution in [1.82, 2.24) is 14.5 Å². The van der Waals surface area contributed by atoms with Crippen molar-refractivity contribution in [3.8, 4) is 11.5 Å². The van der Waals surface area contributed by atoms with Gasteiger partial charge in [-0.15, -0.1) is 10.2 Å². The molecule has 2 aromatic carbocycles. The number of piperidine rings is 1. The molecule has 1 aromatic heterocycles. The van der Waals surface area contributed by atoms with Crippen LogP contribution >= 0.6 is 23.4 Å². The van der Waals surface area contributed by atoms with Crippen molar-refractivity contribution in [1.29, 1.82) is 0 Å². The van der Waals surface area contributed by atoms with Gasteiger partial charge in [0.2, 0.25) is 15.9 Å². The molecule has 1 fully saturated rings. The molecule has 0 aliphatic carbocycles. The lowest BCUT2D eigenvalue weighted by atomic mass is 10.0. The third-order valence-electron chi connectivity index (χ3n) is 5.09. The summed E-state index contributed by atoms with van der Waals surface area (Å²) in [5.41, 5.74) is 0.193. The molecule has 12 heteroatoms. The predicted octanol–water partition coefficient (Wildman–Crippen LogP) is 4.87. The highest BCUT2D eigenvalue weighted by molar-refractivity contribution is 7.99. The second kappa shape index (κ2) is 9.18. The summed E-state index contributed by atoms with van der Waals surface area (Å²) in [6, 6.07) is 10.8. The molecule has 32 heavy (non-hydrogen) atoms. The van der Waals surface area contributed by atoms with E-state index < -0.39 is 14.9 Å². The Morgan fingerprint density at radius 2 is 2.03 bits per heavy atom. The maximum atomic E-state index is 13.0. The van der Waals surface area contributed by atoms with Crippen LogP contribution < -0.4 is 0 Å². The molecular weight excluding hydrogens is 476 g/mol. The van der Waals surface area contributed by atoms with Crippen molar-refractivity contribution in [3.05, 3.63) is 57.6 Å². The fourth-order valence-corrected chi connectivity index (χ4v) is 6.09. The predicted molar refractivity (Wildman–Crippen MR) is 119 cm³/mol. The molecular formula is C20H19ClN4O5S2.